The highest BCUT2D eigenvalue weighted by Gasteiger charge is 2.50. The maximum Gasteiger partial charge on any atom is 0.334 e. The van der Waals surface area contributed by atoms with Crippen molar-refractivity contribution in [1.29, 1.82) is 0 Å². The predicted molar refractivity (Wildman–Crippen MR) is 173 cm³/mol. The Morgan fingerprint density at radius 3 is 1.95 bits per heavy atom. The molecule has 0 saturated carbocycles. The van der Waals surface area contributed by atoms with Gasteiger partial charge in [-0.2, -0.15) is 18.1 Å². The number of benzene rings is 3. The molecular weight excluding hydrogens is 651 g/mol. The Balaban J connectivity index is 1.49. The molecule has 1 fully saturated rings. The van der Waals surface area contributed by atoms with Gasteiger partial charge in [0.15, 0.2) is 0 Å². The van der Waals surface area contributed by atoms with Gasteiger partial charge in [0.2, 0.25) is 7.51 Å². The number of fused-ring (bicyclic) bond motifs is 3. The smallest absolute Gasteiger partial charge is 0.334 e. The number of halogens is 2. The first-order chi connectivity index (χ1) is 20.3. The number of nitrogens with zero attached hydrogens (tertiary/aromatic N) is 7. The lowest BCUT2D eigenvalue weighted by Crippen LogP contribution is -2.29. The summed E-state index contributed by atoms with van der Waals surface area (Å²) >= 11 is 14.5. The molecule has 10 nitrogen and oxygen atoms in total. The monoisotopic (exact) mass is 680 g/mol. The van der Waals surface area contributed by atoms with Crippen molar-refractivity contribution in [3.63, 3.8) is 0 Å². The summed E-state index contributed by atoms with van der Waals surface area (Å²) in [5.41, 5.74) is 4.44. The van der Waals surface area contributed by atoms with Gasteiger partial charge in [0.25, 0.3) is 5.91 Å². The van der Waals surface area contributed by atoms with Crippen LogP contribution in [-0.2, 0) is 26.2 Å². The zero-order valence-electron chi connectivity index (χ0n) is 22.9. The molecule has 6 heterocycles. The minimum absolute atomic E-state index is 0.572. The van der Waals surface area contributed by atoms with Crippen LogP contribution in [-0.4, -0.2) is 33.6 Å². The summed E-state index contributed by atoms with van der Waals surface area (Å²) in [6.07, 6.45) is 0. The van der Waals surface area contributed by atoms with Crippen LogP contribution in [0.4, 0.5) is 0 Å². The van der Waals surface area contributed by atoms with Crippen LogP contribution in [0, 0.1) is 0 Å². The predicted octanol–water partition coefficient (Wildman–Crippen LogP) is 9.69. The number of hydrogen-bond donors (Lipinski definition) is 1. The van der Waals surface area contributed by atoms with Gasteiger partial charge in [0.1, 0.15) is 11.5 Å². The van der Waals surface area contributed by atoms with Crippen LogP contribution < -0.4 is 14.1 Å². The Hall–Kier alpha value is -1.40. The average Bonchev–Trinajstić information content (AvgIpc) is 3.33. The molecule has 6 aliphatic heterocycles. The first kappa shape index (κ1) is 28.1. The van der Waals surface area contributed by atoms with Crippen LogP contribution in [0.25, 0.3) is 0 Å². The van der Waals surface area contributed by atoms with Crippen molar-refractivity contribution in [3.05, 3.63) is 95.1 Å². The Morgan fingerprint density at radius 2 is 1.33 bits per heavy atom. The third-order valence-corrected chi connectivity index (χ3v) is 22.7. The summed E-state index contributed by atoms with van der Waals surface area (Å²) in [6, 6.07) is 24.8. The van der Waals surface area contributed by atoms with Crippen molar-refractivity contribution >= 4 is 51.1 Å². The summed E-state index contributed by atoms with van der Waals surface area (Å²) in [4.78, 5) is 0. The summed E-state index contributed by atoms with van der Waals surface area (Å²) < 4.78 is 42.4. The second kappa shape index (κ2) is 10.3. The van der Waals surface area contributed by atoms with Gasteiger partial charge in [-0.05, 0) is 45.7 Å². The quantitative estimate of drug-likeness (QED) is 0.258. The number of nitrogens with one attached hydrogen (secondary N) is 1. The fourth-order valence-electron chi connectivity index (χ4n) is 6.02. The number of hydrogen-bond acceptors (Lipinski definition) is 10. The van der Waals surface area contributed by atoms with E-state index in [0.29, 0.717) is 26.2 Å². The molecule has 6 aliphatic rings. The summed E-state index contributed by atoms with van der Waals surface area (Å²) in [5.74, 6) is -1.92. The maximum absolute atomic E-state index is 7.24. The molecule has 220 valence electrons. The minimum Gasteiger partial charge on any atom is -0.430 e. The second-order valence-electron chi connectivity index (χ2n) is 10.7. The van der Waals surface area contributed by atoms with E-state index in [0.717, 1.165) is 53.4 Å². The molecule has 0 aliphatic carbocycles. The fourth-order valence-corrected chi connectivity index (χ4v) is 23.6. The van der Waals surface area contributed by atoms with Crippen LogP contribution in [0.2, 0.25) is 0 Å². The van der Waals surface area contributed by atoms with Gasteiger partial charge in [-0.15, -0.1) is 0 Å². The molecule has 3 unspecified atom stereocenters. The van der Waals surface area contributed by atoms with Crippen molar-refractivity contribution < 1.29 is 9.05 Å². The molecule has 9 rings (SSSR count). The molecular formula is C26H30Cl2N8O2P4. The van der Waals surface area contributed by atoms with Gasteiger partial charge >= 0.3 is 15.2 Å². The zero-order valence-corrected chi connectivity index (χ0v) is 28.0. The minimum atomic E-state index is -3.41. The SMILES string of the molecule is CCN1CCNP12=NP13=NP(Cl)(Cl)=NP4(=N2)Oc2ccccc2CN4Cc2cccc(c2)CN1Cc1ccccc1O3. The molecule has 3 aromatic rings. The molecule has 1 saturated heterocycles. The topological polar surface area (TPSA) is 89.6 Å². The Morgan fingerprint density at radius 1 is 0.738 bits per heavy atom. The largest absolute Gasteiger partial charge is 0.430 e. The van der Waals surface area contributed by atoms with E-state index >= 15 is 0 Å². The molecule has 42 heavy (non-hydrogen) atoms. The molecule has 3 aromatic carbocycles. The van der Waals surface area contributed by atoms with Crippen LogP contribution in [0.3, 0.4) is 0 Å². The number of para-hydroxylation sites is 2. The molecule has 0 radical (unpaired) electrons. The van der Waals surface area contributed by atoms with Crippen molar-refractivity contribution in [2.45, 2.75) is 33.1 Å². The van der Waals surface area contributed by atoms with Gasteiger partial charge in [-0.25, -0.2) is 14.0 Å². The first-order valence-corrected chi connectivity index (χ1v) is 22.2. The van der Waals surface area contributed by atoms with Gasteiger partial charge in [0, 0.05) is 56.9 Å². The lowest BCUT2D eigenvalue weighted by molar-refractivity contribution is 0.356. The standard InChI is InChI=1S/C26H30Cl2N8O2P4/c1-2-34-15-14-29-40(34)32-41-30-39(27,28)31-42(33-40)36(20-24-11-4-6-13-26(24)38-42)18-22-9-7-8-21(16-22)17-35(41)19-23-10-3-5-12-25(23)37-41/h3-13,16,29H,2,14-15,17-20H2,1H3. The van der Waals surface area contributed by atoms with Gasteiger partial charge < -0.3 is 9.05 Å². The highest BCUT2D eigenvalue weighted by molar-refractivity contribution is 8.12. The third-order valence-electron chi connectivity index (χ3n) is 7.94. The van der Waals surface area contributed by atoms with E-state index < -0.39 is 28.6 Å². The van der Waals surface area contributed by atoms with E-state index in [1.54, 1.807) is 0 Å². The molecule has 1 N–H and O–H groups in total. The number of likely N-dealkylation sites (N-methyl/N-ethyl adjacent to an activating group) is 1. The number of rotatable bonds is 1. The van der Waals surface area contributed by atoms with Gasteiger partial charge in [0.05, 0.1) is 0 Å². The zero-order chi connectivity index (χ0) is 28.6. The highest BCUT2D eigenvalue weighted by Crippen LogP contribution is 2.84. The normalized spacial score (nSPS) is 31.5. The van der Waals surface area contributed by atoms with Crippen molar-refractivity contribution in [2.24, 2.45) is 18.1 Å². The van der Waals surface area contributed by atoms with E-state index in [9.17, 15) is 0 Å². The molecule has 16 heteroatoms. The van der Waals surface area contributed by atoms with Gasteiger partial charge in [-0.3, -0.25) is 5.09 Å². The lowest BCUT2D eigenvalue weighted by atomic mass is 10.1. The van der Waals surface area contributed by atoms with E-state index in [2.05, 4.69) is 62.4 Å². The molecule has 3 atom stereocenters. The third kappa shape index (κ3) is 4.71. The van der Waals surface area contributed by atoms with Crippen LogP contribution in [0.15, 0.2) is 90.9 Å². The Labute approximate surface area is 255 Å². The highest BCUT2D eigenvalue weighted by atomic mass is 35.9. The van der Waals surface area contributed by atoms with E-state index in [1.807, 2.05) is 36.4 Å². The van der Waals surface area contributed by atoms with Crippen molar-refractivity contribution in [3.8, 4) is 11.5 Å². The summed E-state index contributed by atoms with van der Waals surface area (Å²) in [5, 5.41) is 3.74. The van der Waals surface area contributed by atoms with Crippen LogP contribution >= 0.6 is 51.1 Å². The van der Waals surface area contributed by atoms with E-state index in [1.165, 1.54) is 0 Å². The molecule has 0 aromatic heterocycles. The van der Waals surface area contributed by atoms with Crippen LogP contribution in [0.1, 0.15) is 29.2 Å². The molecule has 3 spiro atoms. The van der Waals surface area contributed by atoms with E-state index in [-0.39, 0.29) is 0 Å². The Kier molecular flexibility index (Phi) is 6.91. The second-order valence-corrected chi connectivity index (χ2v) is 23.4. The lowest BCUT2D eigenvalue weighted by Gasteiger charge is -2.43. The average molecular weight is 681 g/mol. The first-order valence-electron chi connectivity index (χ1n) is 13.9. The maximum atomic E-state index is 7.24. The Bertz CT molecular complexity index is 1770. The fraction of sp³-hybridized carbons (Fsp3) is 0.308. The summed E-state index contributed by atoms with van der Waals surface area (Å²) in [6.45, 7) is 6.76. The van der Waals surface area contributed by atoms with Crippen molar-refractivity contribution in [2.75, 3.05) is 19.6 Å². The van der Waals surface area contributed by atoms with Gasteiger partial charge in [-0.1, -0.05) is 67.6 Å². The molecule has 4 bridgehead atoms. The van der Waals surface area contributed by atoms with Crippen LogP contribution in [0.5, 0.6) is 11.5 Å². The molecule has 0 amide bonds. The van der Waals surface area contributed by atoms with E-state index in [4.69, 9.17) is 49.6 Å². The van der Waals surface area contributed by atoms with Crippen molar-refractivity contribution in [1.82, 2.24) is 19.1 Å². The summed E-state index contributed by atoms with van der Waals surface area (Å²) in [7, 11) is -9.26.